The number of hydrogen-bond donors (Lipinski definition) is 0. The third-order valence-corrected chi connectivity index (χ3v) is 4.77. The molecular weight excluding hydrogens is 294 g/mol. The summed E-state index contributed by atoms with van der Waals surface area (Å²) >= 11 is 0. The average molecular weight is 315 g/mol. The Kier molecular flexibility index (Phi) is 4.26. The molecule has 0 radical (unpaired) electrons. The van der Waals surface area contributed by atoms with Gasteiger partial charge in [-0.15, -0.1) is 0 Å². The van der Waals surface area contributed by atoms with Gasteiger partial charge in [0, 0.05) is 43.0 Å². The van der Waals surface area contributed by atoms with E-state index in [2.05, 4.69) is 14.9 Å². The summed E-state index contributed by atoms with van der Waals surface area (Å²) in [6, 6.07) is 4.73. The van der Waals surface area contributed by atoms with Gasteiger partial charge in [-0.1, -0.05) is 0 Å². The monoisotopic (exact) mass is 315 g/mol. The zero-order chi connectivity index (χ0) is 15.5. The van der Waals surface area contributed by atoms with Crippen LogP contribution in [0.1, 0.15) is 18.4 Å². The maximum absolute atomic E-state index is 6.07. The molecule has 0 spiro atoms. The Labute approximate surface area is 135 Å². The molecule has 0 amide bonds. The Bertz CT molecular complexity index is 605. The van der Waals surface area contributed by atoms with Gasteiger partial charge in [-0.25, -0.2) is 9.97 Å². The van der Waals surface area contributed by atoms with Crippen molar-refractivity contribution >= 4 is 0 Å². The molecule has 3 heterocycles. The number of furan rings is 1. The van der Waals surface area contributed by atoms with Crippen molar-refractivity contribution < 1.29 is 13.9 Å². The SMILES string of the molecule is c1cnc(OCC2CCC3C2OCCN3Cc2ccoc2)nc1. The molecule has 4 rings (SSSR count). The maximum Gasteiger partial charge on any atom is 0.316 e. The standard InChI is InChI=1S/C17H21N3O3/c1-5-18-17(19-6-1)23-12-14-2-3-15-16(14)22-9-7-20(15)10-13-4-8-21-11-13/h1,4-6,8,11,14-16H,2-3,7,9-10,12H2. The maximum atomic E-state index is 6.07. The molecule has 122 valence electrons. The molecule has 1 aliphatic heterocycles. The number of hydrogen-bond acceptors (Lipinski definition) is 6. The minimum absolute atomic E-state index is 0.236. The molecule has 3 unspecified atom stereocenters. The molecule has 0 bridgehead atoms. The van der Waals surface area contributed by atoms with Gasteiger partial charge in [0.1, 0.15) is 0 Å². The van der Waals surface area contributed by atoms with E-state index in [1.165, 1.54) is 5.56 Å². The van der Waals surface area contributed by atoms with Crippen molar-refractivity contribution in [1.29, 1.82) is 0 Å². The fourth-order valence-corrected chi connectivity index (χ4v) is 3.67. The van der Waals surface area contributed by atoms with Crippen molar-refractivity contribution in [2.24, 2.45) is 5.92 Å². The molecule has 6 nitrogen and oxygen atoms in total. The Hall–Kier alpha value is -1.92. The van der Waals surface area contributed by atoms with Gasteiger partial charge in [0.25, 0.3) is 0 Å². The lowest BCUT2D eigenvalue weighted by atomic mass is 10.0. The van der Waals surface area contributed by atoms with E-state index in [0.29, 0.717) is 24.6 Å². The third-order valence-electron chi connectivity index (χ3n) is 4.77. The van der Waals surface area contributed by atoms with Gasteiger partial charge in [0.2, 0.25) is 0 Å². The zero-order valence-corrected chi connectivity index (χ0v) is 13.0. The minimum Gasteiger partial charge on any atom is -0.472 e. The summed E-state index contributed by atoms with van der Waals surface area (Å²) in [5.41, 5.74) is 1.23. The van der Waals surface area contributed by atoms with E-state index in [0.717, 1.165) is 32.5 Å². The molecule has 0 aromatic carbocycles. The highest BCUT2D eigenvalue weighted by Gasteiger charge is 2.42. The van der Waals surface area contributed by atoms with Crippen molar-refractivity contribution in [3.63, 3.8) is 0 Å². The van der Waals surface area contributed by atoms with Gasteiger partial charge < -0.3 is 13.9 Å². The van der Waals surface area contributed by atoms with Gasteiger partial charge >= 0.3 is 6.01 Å². The molecule has 2 aromatic rings. The highest BCUT2D eigenvalue weighted by atomic mass is 16.5. The predicted molar refractivity (Wildman–Crippen MR) is 82.9 cm³/mol. The Morgan fingerprint density at radius 3 is 3.00 bits per heavy atom. The topological polar surface area (TPSA) is 60.6 Å². The molecule has 6 heteroatoms. The smallest absolute Gasteiger partial charge is 0.316 e. The highest BCUT2D eigenvalue weighted by molar-refractivity contribution is 5.07. The fraction of sp³-hybridized carbons (Fsp3) is 0.529. The first-order valence-corrected chi connectivity index (χ1v) is 8.17. The minimum atomic E-state index is 0.236. The van der Waals surface area contributed by atoms with Crippen LogP contribution in [0.3, 0.4) is 0 Å². The normalized spacial score (nSPS) is 27.7. The van der Waals surface area contributed by atoms with E-state index in [4.69, 9.17) is 13.9 Å². The molecule has 1 saturated carbocycles. The fourth-order valence-electron chi connectivity index (χ4n) is 3.67. The van der Waals surface area contributed by atoms with Crippen molar-refractivity contribution in [1.82, 2.24) is 14.9 Å². The molecule has 2 fully saturated rings. The molecule has 0 N–H and O–H groups in total. The Morgan fingerprint density at radius 2 is 2.17 bits per heavy atom. The second-order valence-electron chi connectivity index (χ2n) is 6.18. The first-order chi connectivity index (χ1) is 11.4. The second-order valence-corrected chi connectivity index (χ2v) is 6.18. The van der Waals surface area contributed by atoms with Crippen molar-refractivity contribution in [2.45, 2.75) is 31.5 Å². The molecule has 1 aliphatic carbocycles. The Morgan fingerprint density at radius 1 is 1.26 bits per heavy atom. The first kappa shape index (κ1) is 14.7. The zero-order valence-electron chi connectivity index (χ0n) is 13.0. The Balaban J connectivity index is 1.37. The average Bonchev–Trinajstić information content (AvgIpc) is 3.24. The van der Waals surface area contributed by atoms with E-state index in [-0.39, 0.29) is 6.10 Å². The number of rotatable bonds is 5. The number of morpholine rings is 1. The highest BCUT2D eigenvalue weighted by Crippen LogP contribution is 2.35. The third kappa shape index (κ3) is 3.23. The molecule has 23 heavy (non-hydrogen) atoms. The van der Waals surface area contributed by atoms with Crippen molar-refractivity contribution in [2.75, 3.05) is 19.8 Å². The van der Waals surface area contributed by atoms with E-state index < -0.39 is 0 Å². The number of aromatic nitrogens is 2. The van der Waals surface area contributed by atoms with Crippen LogP contribution in [0.25, 0.3) is 0 Å². The van der Waals surface area contributed by atoms with Gasteiger partial charge in [-0.3, -0.25) is 4.90 Å². The molecular formula is C17H21N3O3. The second kappa shape index (κ2) is 6.68. The van der Waals surface area contributed by atoms with Crippen LogP contribution in [-0.4, -0.2) is 46.8 Å². The van der Waals surface area contributed by atoms with E-state index in [1.54, 1.807) is 24.7 Å². The van der Waals surface area contributed by atoms with Crippen molar-refractivity contribution in [3.8, 4) is 6.01 Å². The van der Waals surface area contributed by atoms with Crippen LogP contribution in [-0.2, 0) is 11.3 Å². The summed E-state index contributed by atoms with van der Waals surface area (Å²) in [6.07, 6.45) is 9.45. The lowest BCUT2D eigenvalue weighted by Crippen LogP contribution is -2.50. The van der Waals surface area contributed by atoms with Gasteiger partial charge in [0.05, 0.1) is 31.8 Å². The van der Waals surface area contributed by atoms with Crippen LogP contribution in [0, 0.1) is 5.92 Å². The number of fused-ring (bicyclic) bond motifs is 1. The van der Waals surface area contributed by atoms with Crippen LogP contribution in [0.4, 0.5) is 0 Å². The summed E-state index contributed by atoms with van der Waals surface area (Å²) in [5, 5.41) is 0. The largest absolute Gasteiger partial charge is 0.472 e. The van der Waals surface area contributed by atoms with Crippen LogP contribution in [0.5, 0.6) is 6.01 Å². The summed E-state index contributed by atoms with van der Waals surface area (Å²) in [4.78, 5) is 10.7. The summed E-state index contributed by atoms with van der Waals surface area (Å²) in [5.74, 6) is 0.399. The van der Waals surface area contributed by atoms with Crippen LogP contribution >= 0.6 is 0 Å². The molecule has 3 atom stereocenters. The number of ether oxygens (including phenoxy) is 2. The lowest BCUT2D eigenvalue weighted by Gasteiger charge is -2.39. The van der Waals surface area contributed by atoms with Crippen LogP contribution in [0.2, 0.25) is 0 Å². The van der Waals surface area contributed by atoms with E-state index >= 15 is 0 Å². The van der Waals surface area contributed by atoms with E-state index in [9.17, 15) is 0 Å². The summed E-state index contributed by atoms with van der Waals surface area (Å²) in [7, 11) is 0. The van der Waals surface area contributed by atoms with Crippen LogP contribution < -0.4 is 4.74 Å². The summed E-state index contributed by atoms with van der Waals surface area (Å²) in [6.45, 7) is 3.29. The van der Waals surface area contributed by atoms with Crippen LogP contribution in [0.15, 0.2) is 41.5 Å². The van der Waals surface area contributed by atoms with Crippen molar-refractivity contribution in [3.05, 3.63) is 42.6 Å². The predicted octanol–water partition coefficient (Wildman–Crippen LogP) is 2.13. The van der Waals surface area contributed by atoms with Gasteiger partial charge in [-0.2, -0.15) is 0 Å². The van der Waals surface area contributed by atoms with Gasteiger partial charge in [0.15, 0.2) is 0 Å². The first-order valence-electron chi connectivity index (χ1n) is 8.17. The molecule has 1 saturated heterocycles. The number of nitrogens with zero attached hydrogens (tertiary/aromatic N) is 3. The lowest BCUT2D eigenvalue weighted by molar-refractivity contribution is -0.0820. The van der Waals surface area contributed by atoms with Gasteiger partial charge in [-0.05, 0) is 25.0 Å². The quantitative estimate of drug-likeness (QED) is 0.842. The van der Waals surface area contributed by atoms with E-state index in [1.807, 2.05) is 12.3 Å². The molecule has 2 aliphatic rings. The molecule has 2 aromatic heterocycles. The summed E-state index contributed by atoms with van der Waals surface area (Å²) < 4.78 is 17.0.